The van der Waals surface area contributed by atoms with Crippen molar-refractivity contribution in [2.75, 3.05) is 13.7 Å². The summed E-state index contributed by atoms with van der Waals surface area (Å²) in [6.07, 6.45) is 0. The van der Waals surface area contributed by atoms with Gasteiger partial charge in [-0.1, -0.05) is 0 Å². The molecule has 0 aliphatic heterocycles. The number of rotatable bonds is 2. The average Bonchev–Trinajstić information content (AvgIpc) is 1.35. The van der Waals surface area contributed by atoms with E-state index >= 15 is 0 Å². The second-order valence-corrected chi connectivity index (χ2v) is 0.827. The molecule has 0 saturated carbocycles. The van der Waals surface area contributed by atoms with Crippen molar-refractivity contribution in [3.8, 4) is 0 Å². The molecule has 1 N–H and O–H groups in total. The van der Waals surface area contributed by atoms with E-state index in [-0.39, 0.29) is 23.4 Å². The van der Waals surface area contributed by atoms with Gasteiger partial charge >= 0.3 is 5.97 Å². The Balaban J connectivity index is 0. The van der Waals surface area contributed by atoms with Gasteiger partial charge in [0, 0.05) is 23.9 Å². The fourth-order valence-corrected chi connectivity index (χ4v) is 0.123. The van der Waals surface area contributed by atoms with E-state index in [2.05, 4.69) is 4.74 Å². The zero-order valence-corrected chi connectivity index (χ0v) is 4.85. The smallest absolute Gasteiger partial charge is 0.329 e. The van der Waals surface area contributed by atoms with Crippen molar-refractivity contribution in [3.63, 3.8) is 0 Å². The van der Waals surface area contributed by atoms with Crippen LogP contribution in [0.4, 0.5) is 0 Å². The number of carboxylic acids is 1. The van der Waals surface area contributed by atoms with E-state index in [1.807, 2.05) is 0 Å². The van der Waals surface area contributed by atoms with Crippen molar-refractivity contribution in [2.24, 2.45) is 0 Å². The second-order valence-electron chi connectivity index (χ2n) is 0.827. The van der Waals surface area contributed by atoms with Gasteiger partial charge in [0.1, 0.15) is 6.61 Å². The maximum absolute atomic E-state index is 9.47. The molecule has 0 amide bonds. The molecule has 7 heavy (non-hydrogen) atoms. The van der Waals surface area contributed by atoms with Crippen LogP contribution in [0.1, 0.15) is 0 Å². The van der Waals surface area contributed by atoms with E-state index in [4.69, 9.17) is 5.11 Å². The quantitative estimate of drug-likeness (QED) is 0.587. The van der Waals surface area contributed by atoms with Crippen LogP contribution in [0.15, 0.2) is 0 Å². The Bertz CT molecular complexity index is 54.1. The van der Waals surface area contributed by atoms with E-state index in [9.17, 15) is 4.79 Å². The van der Waals surface area contributed by atoms with Crippen LogP contribution < -0.4 is 0 Å². The van der Waals surface area contributed by atoms with E-state index in [0.29, 0.717) is 0 Å². The average molecular weight is 149 g/mol. The molecule has 0 aliphatic carbocycles. The molecule has 0 saturated heterocycles. The minimum Gasteiger partial charge on any atom is -0.480 e. The number of methoxy groups -OCH3 is 1. The van der Waals surface area contributed by atoms with Crippen molar-refractivity contribution < 1.29 is 31.4 Å². The van der Waals surface area contributed by atoms with Crippen molar-refractivity contribution >= 4 is 5.97 Å². The second kappa shape index (κ2) is 5.94. The molecule has 0 fully saturated rings. The molecule has 3 nitrogen and oxygen atoms in total. The van der Waals surface area contributed by atoms with Crippen molar-refractivity contribution in [2.45, 2.75) is 0 Å². The third-order valence-corrected chi connectivity index (χ3v) is 0.268. The Hall–Kier alpha value is -0.0635. The van der Waals surface area contributed by atoms with Gasteiger partial charge < -0.3 is 9.84 Å². The monoisotopic (exact) mass is 149 g/mol. The Kier molecular flexibility index (Phi) is 8.51. The zero-order chi connectivity index (χ0) is 4.99. The van der Waals surface area contributed by atoms with Gasteiger partial charge in [-0.2, -0.15) is 0 Å². The maximum Gasteiger partial charge on any atom is 0.329 e. The van der Waals surface area contributed by atoms with E-state index < -0.39 is 5.97 Å². The van der Waals surface area contributed by atoms with Gasteiger partial charge in [-0.3, -0.25) is 0 Å². The van der Waals surface area contributed by atoms with Crippen LogP contribution in [-0.4, -0.2) is 24.8 Å². The Morgan fingerprint density at radius 3 is 2.29 bits per heavy atom. The summed E-state index contributed by atoms with van der Waals surface area (Å²) in [5, 5.41) is 7.79. The Morgan fingerprint density at radius 1 is 1.86 bits per heavy atom. The molecule has 0 aromatic heterocycles. The molecule has 0 aliphatic rings. The van der Waals surface area contributed by atoms with Gasteiger partial charge in [0.25, 0.3) is 0 Å². The van der Waals surface area contributed by atoms with E-state index in [0.717, 1.165) is 0 Å². The SMILES string of the molecule is COCC(=O)O.[Co]. The summed E-state index contributed by atoms with van der Waals surface area (Å²) < 4.78 is 4.20. The number of hydrogen-bond acceptors (Lipinski definition) is 2. The topological polar surface area (TPSA) is 46.5 Å². The summed E-state index contributed by atoms with van der Waals surface area (Å²) >= 11 is 0. The van der Waals surface area contributed by atoms with Crippen LogP contribution in [-0.2, 0) is 26.3 Å². The molecule has 45 valence electrons. The number of hydrogen-bond donors (Lipinski definition) is 1. The largest absolute Gasteiger partial charge is 0.480 e. The van der Waals surface area contributed by atoms with Crippen molar-refractivity contribution in [1.82, 2.24) is 0 Å². The molecule has 0 bridgehead atoms. The summed E-state index contributed by atoms with van der Waals surface area (Å²) in [6, 6.07) is 0. The predicted octanol–water partition coefficient (Wildman–Crippen LogP) is -0.285. The number of ether oxygens (including phenoxy) is 1. The van der Waals surface area contributed by atoms with Crippen LogP contribution in [0.2, 0.25) is 0 Å². The number of carboxylic acid groups (broad SMARTS) is 1. The molecular weight excluding hydrogens is 143 g/mol. The minimum atomic E-state index is -0.933. The minimum absolute atomic E-state index is 0. The molecular formula is C3H6CoO3. The fraction of sp³-hybridized carbons (Fsp3) is 0.667. The Morgan fingerprint density at radius 2 is 2.29 bits per heavy atom. The third kappa shape index (κ3) is 10.7. The maximum atomic E-state index is 9.47. The molecule has 0 rings (SSSR count). The molecule has 0 aromatic rings. The Labute approximate surface area is 51.9 Å². The molecule has 0 atom stereocenters. The van der Waals surface area contributed by atoms with Crippen LogP contribution in [0.5, 0.6) is 0 Å². The molecule has 0 heterocycles. The standard InChI is InChI=1S/C3H6O3.Co/c1-6-2-3(4)5;/h2H2,1H3,(H,4,5);. The van der Waals surface area contributed by atoms with E-state index in [1.165, 1.54) is 7.11 Å². The van der Waals surface area contributed by atoms with Gasteiger partial charge in [-0.15, -0.1) is 0 Å². The van der Waals surface area contributed by atoms with Crippen LogP contribution >= 0.6 is 0 Å². The first kappa shape index (κ1) is 10.0. The molecule has 0 unspecified atom stereocenters. The third-order valence-electron chi connectivity index (χ3n) is 0.268. The van der Waals surface area contributed by atoms with Crippen molar-refractivity contribution in [3.05, 3.63) is 0 Å². The summed E-state index contributed by atoms with van der Waals surface area (Å²) in [6.45, 7) is -0.208. The number of aliphatic carboxylic acids is 1. The normalized spacial score (nSPS) is 7.00. The predicted molar refractivity (Wildman–Crippen MR) is 19.5 cm³/mol. The zero-order valence-electron chi connectivity index (χ0n) is 3.80. The summed E-state index contributed by atoms with van der Waals surface area (Å²) in [5.74, 6) is -0.933. The van der Waals surface area contributed by atoms with E-state index in [1.54, 1.807) is 0 Å². The van der Waals surface area contributed by atoms with Crippen LogP contribution in [0.25, 0.3) is 0 Å². The van der Waals surface area contributed by atoms with Crippen molar-refractivity contribution in [1.29, 1.82) is 0 Å². The first-order valence-corrected chi connectivity index (χ1v) is 1.48. The summed E-state index contributed by atoms with van der Waals surface area (Å²) in [5.41, 5.74) is 0. The van der Waals surface area contributed by atoms with Gasteiger partial charge in [0.15, 0.2) is 0 Å². The molecule has 0 spiro atoms. The fourth-order valence-electron chi connectivity index (χ4n) is 0.123. The molecule has 1 radical (unpaired) electrons. The first-order valence-electron chi connectivity index (χ1n) is 1.48. The molecule has 0 aromatic carbocycles. The molecule has 4 heteroatoms. The van der Waals surface area contributed by atoms with Gasteiger partial charge in [-0.05, 0) is 0 Å². The first-order chi connectivity index (χ1) is 2.77. The van der Waals surface area contributed by atoms with Gasteiger partial charge in [-0.25, -0.2) is 4.79 Å². The van der Waals surface area contributed by atoms with Crippen LogP contribution in [0, 0.1) is 0 Å². The van der Waals surface area contributed by atoms with Gasteiger partial charge in [0.05, 0.1) is 0 Å². The number of carbonyl (C=O) groups is 1. The summed E-state index contributed by atoms with van der Waals surface area (Å²) in [4.78, 5) is 9.47. The van der Waals surface area contributed by atoms with Crippen LogP contribution in [0.3, 0.4) is 0 Å². The summed E-state index contributed by atoms with van der Waals surface area (Å²) in [7, 11) is 1.34. The van der Waals surface area contributed by atoms with Gasteiger partial charge in [0.2, 0.25) is 0 Å².